The quantitative estimate of drug-likeness (QED) is 0.878. The number of benzene rings is 2. The smallest absolute Gasteiger partial charge is 0.170 e. The van der Waals surface area contributed by atoms with Crippen molar-refractivity contribution in [2.45, 2.75) is 13.0 Å². The molecule has 0 spiro atoms. The summed E-state index contributed by atoms with van der Waals surface area (Å²) >= 11 is 3.41. The van der Waals surface area contributed by atoms with E-state index in [1.165, 1.54) is 7.11 Å². The largest absolute Gasteiger partial charge is 0.494 e. The fraction of sp³-hybridized carbons (Fsp3) is 0.250. The van der Waals surface area contributed by atoms with Crippen LogP contribution >= 0.6 is 15.9 Å². The zero-order valence-electron chi connectivity index (χ0n) is 11.5. The predicted octanol–water partition coefficient (Wildman–Crippen LogP) is 4.30. The molecule has 0 radical (unpaired) electrons. The van der Waals surface area contributed by atoms with Gasteiger partial charge in [-0.25, -0.2) is 4.39 Å². The SMILES string of the molecule is CCNC(c1ccc(Br)cc1)c1cccc(OC)c1F. The van der Waals surface area contributed by atoms with Crippen LogP contribution in [0.5, 0.6) is 5.75 Å². The van der Waals surface area contributed by atoms with Crippen molar-refractivity contribution in [1.82, 2.24) is 5.32 Å². The average Bonchev–Trinajstić information content (AvgIpc) is 2.47. The minimum Gasteiger partial charge on any atom is -0.494 e. The highest BCUT2D eigenvalue weighted by Crippen LogP contribution is 2.29. The third-order valence-electron chi connectivity index (χ3n) is 3.14. The minimum absolute atomic E-state index is 0.191. The Morgan fingerprint density at radius 2 is 1.90 bits per heavy atom. The van der Waals surface area contributed by atoms with E-state index in [0.717, 1.165) is 16.6 Å². The Hall–Kier alpha value is -1.39. The number of methoxy groups -OCH3 is 1. The van der Waals surface area contributed by atoms with Crippen LogP contribution in [0, 0.1) is 5.82 Å². The van der Waals surface area contributed by atoms with Gasteiger partial charge < -0.3 is 10.1 Å². The molecule has 1 atom stereocenters. The molecule has 1 unspecified atom stereocenters. The molecule has 2 aromatic rings. The van der Waals surface area contributed by atoms with Crippen LogP contribution in [0.25, 0.3) is 0 Å². The third kappa shape index (κ3) is 3.19. The van der Waals surface area contributed by atoms with Crippen molar-refractivity contribution in [2.24, 2.45) is 0 Å². The summed E-state index contributed by atoms with van der Waals surface area (Å²) < 4.78 is 20.5. The Labute approximate surface area is 127 Å². The van der Waals surface area contributed by atoms with Crippen LogP contribution in [0.15, 0.2) is 46.9 Å². The number of ether oxygens (including phenoxy) is 1. The maximum Gasteiger partial charge on any atom is 0.170 e. The van der Waals surface area contributed by atoms with Crippen LogP contribution in [0.4, 0.5) is 4.39 Å². The molecule has 0 aliphatic carbocycles. The molecular weight excluding hydrogens is 321 g/mol. The van der Waals surface area contributed by atoms with Gasteiger partial charge >= 0.3 is 0 Å². The summed E-state index contributed by atoms with van der Waals surface area (Å²) in [5.74, 6) is -0.0496. The predicted molar refractivity (Wildman–Crippen MR) is 82.6 cm³/mol. The van der Waals surface area contributed by atoms with Crippen molar-refractivity contribution in [3.63, 3.8) is 0 Å². The molecule has 2 nitrogen and oxygen atoms in total. The van der Waals surface area contributed by atoms with Gasteiger partial charge in [-0.1, -0.05) is 47.1 Å². The molecule has 2 rings (SSSR count). The van der Waals surface area contributed by atoms with Crippen LogP contribution in [-0.2, 0) is 0 Å². The Kier molecular flexibility index (Phi) is 5.15. The topological polar surface area (TPSA) is 21.3 Å². The molecule has 0 aliphatic rings. The number of rotatable bonds is 5. The first-order valence-electron chi connectivity index (χ1n) is 6.48. The van der Waals surface area contributed by atoms with Gasteiger partial charge in [-0.3, -0.25) is 0 Å². The van der Waals surface area contributed by atoms with Crippen LogP contribution in [0.1, 0.15) is 24.1 Å². The minimum atomic E-state index is -0.316. The molecule has 0 saturated carbocycles. The van der Waals surface area contributed by atoms with Gasteiger partial charge in [0.25, 0.3) is 0 Å². The lowest BCUT2D eigenvalue weighted by Gasteiger charge is -2.20. The van der Waals surface area contributed by atoms with Gasteiger partial charge in [0.1, 0.15) is 0 Å². The van der Waals surface area contributed by atoms with E-state index in [-0.39, 0.29) is 17.6 Å². The van der Waals surface area contributed by atoms with Crippen LogP contribution in [0.2, 0.25) is 0 Å². The first-order chi connectivity index (χ1) is 9.67. The Balaban J connectivity index is 2.45. The first kappa shape index (κ1) is 15.0. The van der Waals surface area contributed by atoms with Gasteiger partial charge in [-0.05, 0) is 30.3 Å². The first-order valence-corrected chi connectivity index (χ1v) is 7.28. The summed E-state index contributed by atoms with van der Waals surface area (Å²) in [6.07, 6.45) is 0. The van der Waals surface area contributed by atoms with E-state index >= 15 is 0 Å². The molecule has 106 valence electrons. The number of nitrogens with one attached hydrogen (secondary N) is 1. The van der Waals surface area contributed by atoms with E-state index in [1.807, 2.05) is 31.2 Å². The summed E-state index contributed by atoms with van der Waals surface area (Å²) in [6, 6.07) is 12.9. The van der Waals surface area contributed by atoms with Crippen molar-refractivity contribution >= 4 is 15.9 Å². The molecule has 0 fully saturated rings. The molecule has 0 saturated heterocycles. The van der Waals surface area contributed by atoms with Crippen molar-refractivity contribution in [3.05, 3.63) is 63.9 Å². The van der Waals surface area contributed by atoms with Crippen molar-refractivity contribution in [1.29, 1.82) is 0 Å². The van der Waals surface area contributed by atoms with Gasteiger partial charge in [0, 0.05) is 10.0 Å². The fourth-order valence-electron chi connectivity index (χ4n) is 2.18. The molecule has 2 aromatic carbocycles. The second-order valence-electron chi connectivity index (χ2n) is 4.41. The standard InChI is InChI=1S/C16H17BrFNO/c1-3-19-16(11-7-9-12(17)10-8-11)13-5-4-6-14(20-2)15(13)18/h4-10,16,19H,3H2,1-2H3. The van der Waals surface area contributed by atoms with E-state index < -0.39 is 0 Å². The van der Waals surface area contributed by atoms with E-state index in [1.54, 1.807) is 18.2 Å². The molecule has 20 heavy (non-hydrogen) atoms. The summed E-state index contributed by atoms with van der Waals surface area (Å²) in [6.45, 7) is 2.75. The summed E-state index contributed by atoms with van der Waals surface area (Å²) in [7, 11) is 1.48. The molecule has 0 aromatic heterocycles. The second kappa shape index (κ2) is 6.86. The highest BCUT2D eigenvalue weighted by Gasteiger charge is 2.19. The number of hydrogen-bond acceptors (Lipinski definition) is 2. The zero-order valence-corrected chi connectivity index (χ0v) is 13.1. The summed E-state index contributed by atoms with van der Waals surface area (Å²) in [5, 5.41) is 3.32. The lowest BCUT2D eigenvalue weighted by Crippen LogP contribution is -2.23. The molecule has 4 heteroatoms. The van der Waals surface area contributed by atoms with E-state index in [0.29, 0.717) is 5.56 Å². The van der Waals surface area contributed by atoms with Gasteiger partial charge in [-0.2, -0.15) is 0 Å². The molecule has 0 heterocycles. The lowest BCUT2D eigenvalue weighted by atomic mass is 9.98. The molecule has 0 aliphatic heterocycles. The molecule has 1 N–H and O–H groups in total. The normalized spacial score (nSPS) is 12.2. The highest BCUT2D eigenvalue weighted by atomic mass is 79.9. The Morgan fingerprint density at radius 1 is 1.20 bits per heavy atom. The third-order valence-corrected chi connectivity index (χ3v) is 3.66. The van der Waals surface area contributed by atoms with E-state index in [4.69, 9.17) is 4.74 Å². The highest BCUT2D eigenvalue weighted by molar-refractivity contribution is 9.10. The Bertz CT molecular complexity index is 571. The van der Waals surface area contributed by atoms with E-state index in [9.17, 15) is 4.39 Å². The molecular formula is C16H17BrFNO. The number of hydrogen-bond donors (Lipinski definition) is 1. The van der Waals surface area contributed by atoms with Crippen molar-refractivity contribution < 1.29 is 9.13 Å². The van der Waals surface area contributed by atoms with Crippen LogP contribution in [0.3, 0.4) is 0 Å². The Morgan fingerprint density at radius 3 is 2.50 bits per heavy atom. The van der Waals surface area contributed by atoms with Crippen molar-refractivity contribution in [3.8, 4) is 5.75 Å². The molecule has 0 bridgehead atoms. The van der Waals surface area contributed by atoms with Gasteiger partial charge in [0.05, 0.1) is 13.2 Å². The summed E-state index contributed by atoms with van der Waals surface area (Å²) in [5.41, 5.74) is 1.61. The van der Waals surface area contributed by atoms with Gasteiger partial charge in [-0.15, -0.1) is 0 Å². The summed E-state index contributed by atoms with van der Waals surface area (Å²) in [4.78, 5) is 0. The van der Waals surface area contributed by atoms with Gasteiger partial charge in [0.15, 0.2) is 11.6 Å². The van der Waals surface area contributed by atoms with Crippen LogP contribution in [-0.4, -0.2) is 13.7 Å². The average molecular weight is 338 g/mol. The van der Waals surface area contributed by atoms with Crippen LogP contribution < -0.4 is 10.1 Å². The second-order valence-corrected chi connectivity index (χ2v) is 5.32. The van der Waals surface area contributed by atoms with Gasteiger partial charge in [0.2, 0.25) is 0 Å². The maximum atomic E-state index is 14.4. The monoisotopic (exact) mass is 337 g/mol. The number of halogens is 2. The lowest BCUT2D eigenvalue weighted by molar-refractivity contribution is 0.382. The maximum absolute atomic E-state index is 14.4. The zero-order chi connectivity index (χ0) is 14.5. The van der Waals surface area contributed by atoms with E-state index in [2.05, 4.69) is 21.2 Å². The van der Waals surface area contributed by atoms with Crippen molar-refractivity contribution in [2.75, 3.05) is 13.7 Å². The molecule has 0 amide bonds. The fourth-order valence-corrected chi connectivity index (χ4v) is 2.44.